The Bertz CT molecular complexity index is 830. The number of methoxy groups -OCH3 is 2. The van der Waals surface area contributed by atoms with Gasteiger partial charge in [0.2, 0.25) is 0 Å². The first-order valence-corrected chi connectivity index (χ1v) is 7.57. The molecule has 6 nitrogen and oxygen atoms in total. The second kappa shape index (κ2) is 7.61. The van der Waals surface area contributed by atoms with Gasteiger partial charge in [-0.25, -0.2) is 0 Å². The van der Waals surface area contributed by atoms with E-state index in [4.69, 9.17) is 9.47 Å². The van der Waals surface area contributed by atoms with Crippen LogP contribution in [0.5, 0.6) is 11.5 Å². The van der Waals surface area contributed by atoms with Gasteiger partial charge in [0, 0.05) is 6.07 Å². The molecule has 0 saturated heterocycles. The molecule has 0 aliphatic carbocycles. The van der Waals surface area contributed by atoms with Gasteiger partial charge in [-0.15, -0.1) is 0 Å². The SMILES string of the molecule is COc1cc(C)cc(OC)c1C(=O)/C=C/c1ccc(C)cc1[N+](=O)[O-]. The van der Waals surface area contributed by atoms with E-state index in [0.717, 1.165) is 11.1 Å². The van der Waals surface area contributed by atoms with Gasteiger partial charge in [0.05, 0.1) is 24.7 Å². The van der Waals surface area contributed by atoms with E-state index in [0.29, 0.717) is 17.1 Å². The first kappa shape index (κ1) is 18.2. The highest BCUT2D eigenvalue weighted by atomic mass is 16.6. The quantitative estimate of drug-likeness (QED) is 0.342. The molecule has 0 atom stereocenters. The van der Waals surface area contributed by atoms with Crippen molar-refractivity contribution in [3.63, 3.8) is 0 Å². The number of benzene rings is 2. The Balaban J connectivity index is 2.44. The molecule has 0 unspecified atom stereocenters. The van der Waals surface area contributed by atoms with Crippen LogP contribution in [0.3, 0.4) is 0 Å². The van der Waals surface area contributed by atoms with Gasteiger partial charge in [-0.1, -0.05) is 6.07 Å². The molecule has 0 heterocycles. The van der Waals surface area contributed by atoms with Crippen molar-refractivity contribution in [2.45, 2.75) is 13.8 Å². The van der Waals surface area contributed by atoms with Crippen LogP contribution in [0, 0.1) is 24.0 Å². The van der Waals surface area contributed by atoms with Crippen LogP contribution >= 0.6 is 0 Å². The molecular weight excluding hydrogens is 322 g/mol. The lowest BCUT2D eigenvalue weighted by Crippen LogP contribution is -2.03. The minimum Gasteiger partial charge on any atom is -0.496 e. The number of carbonyl (C=O) groups excluding carboxylic acids is 1. The molecular formula is C19H19NO5. The number of hydrogen-bond donors (Lipinski definition) is 0. The van der Waals surface area contributed by atoms with Gasteiger partial charge in [-0.2, -0.15) is 0 Å². The molecule has 2 aromatic carbocycles. The molecule has 6 heteroatoms. The summed E-state index contributed by atoms with van der Waals surface area (Å²) >= 11 is 0. The van der Waals surface area contributed by atoms with E-state index in [9.17, 15) is 14.9 Å². The molecule has 0 aliphatic rings. The highest BCUT2D eigenvalue weighted by Gasteiger charge is 2.18. The van der Waals surface area contributed by atoms with E-state index in [-0.39, 0.29) is 17.0 Å². The van der Waals surface area contributed by atoms with Crippen molar-refractivity contribution in [2.24, 2.45) is 0 Å². The molecule has 25 heavy (non-hydrogen) atoms. The van der Waals surface area contributed by atoms with E-state index in [2.05, 4.69) is 0 Å². The van der Waals surface area contributed by atoms with Crippen molar-refractivity contribution in [3.05, 3.63) is 68.8 Å². The fourth-order valence-electron chi connectivity index (χ4n) is 2.49. The fourth-order valence-corrected chi connectivity index (χ4v) is 2.49. The Morgan fingerprint density at radius 1 is 1.04 bits per heavy atom. The summed E-state index contributed by atoms with van der Waals surface area (Å²) in [5.41, 5.74) is 2.25. The Labute approximate surface area is 145 Å². The first-order chi connectivity index (χ1) is 11.9. The van der Waals surface area contributed by atoms with Crippen molar-refractivity contribution in [3.8, 4) is 11.5 Å². The molecule has 0 saturated carbocycles. The minimum atomic E-state index is -0.468. The summed E-state index contributed by atoms with van der Waals surface area (Å²) < 4.78 is 10.6. The van der Waals surface area contributed by atoms with Gasteiger partial charge < -0.3 is 9.47 Å². The Morgan fingerprint density at radius 2 is 1.64 bits per heavy atom. The van der Waals surface area contributed by atoms with Gasteiger partial charge in [-0.3, -0.25) is 14.9 Å². The van der Waals surface area contributed by atoms with Crippen LogP contribution in [0.1, 0.15) is 27.0 Å². The number of ether oxygens (including phenoxy) is 2. The molecule has 0 spiro atoms. The lowest BCUT2D eigenvalue weighted by atomic mass is 10.0. The van der Waals surface area contributed by atoms with Crippen LogP contribution in [0.15, 0.2) is 36.4 Å². The summed E-state index contributed by atoms with van der Waals surface area (Å²) in [7, 11) is 2.94. The number of carbonyl (C=O) groups is 1. The summed E-state index contributed by atoms with van der Waals surface area (Å²) in [6.45, 7) is 3.64. The molecule has 0 fully saturated rings. The summed E-state index contributed by atoms with van der Waals surface area (Å²) in [5, 5.41) is 11.2. The van der Waals surface area contributed by atoms with E-state index < -0.39 is 4.92 Å². The van der Waals surface area contributed by atoms with Crippen LogP contribution in [0.4, 0.5) is 5.69 Å². The fraction of sp³-hybridized carbons (Fsp3) is 0.211. The monoisotopic (exact) mass is 341 g/mol. The number of ketones is 1. The van der Waals surface area contributed by atoms with Gasteiger partial charge >= 0.3 is 0 Å². The first-order valence-electron chi connectivity index (χ1n) is 7.57. The summed E-state index contributed by atoms with van der Waals surface area (Å²) in [5.74, 6) is 0.429. The van der Waals surface area contributed by atoms with E-state index in [1.54, 1.807) is 31.2 Å². The van der Waals surface area contributed by atoms with Gasteiger partial charge in [0.1, 0.15) is 17.1 Å². The molecule has 2 aromatic rings. The zero-order valence-electron chi connectivity index (χ0n) is 14.5. The van der Waals surface area contributed by atoms with Crippen LogP contribution < -0.4 is 9.47 Å². The van der Waals surface area contributed by atoms with Crippen LogP contribution in [-0.2, 0) is 0 Å². The molecule has 0 N–H and O–H groups in total. The highest BCUT2D eigenvalue weighted by Crippen LogP contribution is 2.31. The second-order valence-corrected chi connectivity index (χ2v) is 5.56. The van der Waals surface area contributed by atoms with Gasteiger partial charge in [0.15, 0.2) is 5.78 Å². The summed E-state index contributed by atoms with van der Waals surface area (Å²) in [6, 6.07) is 8.30. The third kappa shape index (κ3) is 4.03. The van der Waals surface area contributed by atoms with Crippen molar-refractivity contribution in [1.29, 1.82) is 0 Å². The second-order valence-electron chi connectivity index (χ2n) is 5.56. The average molecular weight is 341 g/mol. The Morgan fingerprint density at radius 3 is 2.16 bits per heavy atom. The number of hydrogen-bond acceptors (Lipinski definition) is 5. The van der Waals surface area contributed by atoms with Crippen LogP contribution in [0.2, 0.25) is 0 Å². The minimum absolute atomic E-state index is 0.0492. The van der Waals surface area contributed by atoms with Crippen molar-refractivity contribution < 1.29 is 19.2 Å². The highest BCUT2D eigenvalue weighted by molar-refractivity contribution is 6.10. The molecule has 130 valence electrons. The van der Waals surface area contributed by atoms with Crippen LogP contribution in [0.25, 0.3) is 6.08 Å². The van der Waals surface area contributed by atoms with Crippen molar-refractivity contribution >= 4 is 17.5 Å². The van der Waals surface area contributed by atoms with Crippen molar-refractivity contribution in [2.75, 3.05) is 14.2 Å². The maximum atomic E-state index is 12.6. The number of nitrogens with zero attached hydrogens (tertiary/aromatic N) is 1. The normalized spacial score (nSPS) is 10.7. The molecule has 0 amide bonds. The van der Waals surface area contributed by atoms with Gasteiger partial charge in [-0.05, 0) is 55.3 Å². The summed E-state index contributed by atoms with van der Waals surface area (Å²) in [6.07, 6.45) is 2.71. The number of nitro groups is 1. The maximum Gasteiger partial charge on any atom is 0.276 e. The van der Waals surface area contributed by atoms with E-state index in [1.165, 1.54) is 32.4 Å². The Hall–Kier alpha value is -3.15. The maximum absolute atomic E-state index is 12.6. The smallest absolute Gasteiger partial charge is 0.276 e. The zero-order valence-corrected chi connectivity index (χ0v) is 14.5. The summed E-state index contributed by atoms with van der Waals surface area (Å²) in [4.78, 5) is 23.3. The lowest BCUT2D eigenvalue weighted by molar-refractivity contribution is -0.385. The molecule has 0 bridgehead atoms. The largest absolute Gasteiger partial charge is 0.496 e. The number of nitro benzene ring substituents is 1. The van der Waals surface area contributed by atoms with Gasteiger partial charge in [0.25, 0.3) is 5.69 Å². The predicted molar refractivity (Wildman–Crippen MR) is 95.5 cm³/mol. The van der Waals surface area contributed by atoms with Crippen molar-refractivity contribution in [1.82, 2.24) is 0 Å². The zero-order chi connectivity index (χ0) is 18.6. The molecule has 0 radical (unpaired) electrons. The van der Waals surface area contributed by atoms with E-state index >= 15 is 0 Å². The molecule has 0 aliphatic heterocycles. The van der Waals surface area contributed by atoms with Crippen LogP contribution in [-0.4, -0.2) is 24.9 Å². The lowest BCUT2D eigenvalue weighted by Gasteiger charge is -2.12. The topological polar surface area (TPSA) is 78.7 Å². The van der Waals surface area contributed by atoms with E-state index in [1.807, 2.05) is 6.92 Å². The predicted octanol–water partition coefficient (Wildman–Crippen LogP) is 4.12. The number of allylic oxidation sites excluding steroid dienone is 1. The number of aryl methyl sites for hydroxylation is 2. The average Bonchev–Trinajstić information content (AvgIpc) is 2.59. The number of rotatable bonds is 6. The third-order valence-corrected chi connectivity index (χ3v) is 3.69. The molecule has 0 aromatic heterocycles. The third-order valence-electron chi connectivity index (χ3n) is 3.69. The molecule has 2 rings (SSSR count). The Kier molecular flexibility index (Phi) is 5.54. The standard InChI is InChI=1S/C19H19NO5/c1-12-5-6-14(15(9-12)20(22)23)7-8-16(21)19-17(24-3)10-13(2)11-18(19)25-4/h5-11H,1-4H3/b8-7+.